The molecule has 0 saturated heterocycles. The molecule has 0 saturated carbocycles. The number of aromatic amines is 1. The fraction of sp³-hybridized carbons (Fsp3) is 0. The molecule has 2 aromatic rings. The summed E-state index contributed by atoms with van der Waals surface area (Å²) < 4.78 is 0. The number of amides is 1. The topological polar surface area (TPSA) is 125 Å². The van der Waals surface area contributed by atoms with Crippen LogP contribution in [0.4, 0.5) is 5.82 Å². The molecule has 0 spiro atoms. The average Bonchev–Trinajstić information content (AvgIpc) is 2.39. The van der Waals surface area contributed by atoms with Crippen LogP contribution >= 0.6 is 0 Å². The maximum Gasteiger partial charge on any atom is 0.335 e. The van der Waals surface area contributed by atoms with Crippen molar-refractivity contribution >= 4 is 17.7 Å². The van der Waals surface area contributed by atoms with Crippen molar-refractivity contribution in [2.24, 2.45) is 0 Å². The standard InChI is InChI=1S/C11H8N4O4/c16-9-2-1-7(14-15-9)10(17)13-8-5-6(11(18)19)3-4-12-8/h1-5H,(H,15,16)(H,18,19)(H,12,13,17). The Morgan fingerprint density at radius 3 is 2.68 bits per heavy atom. The van der Waals surface area contributed by atoms with E-state index in [1.807, 2.05) is 0 Å². The highest BCUT2D eigenvalue weighted by molar-refractivity contribution is 6.02. The minimum atomic E-state index is -1.12. The minimum Gasteiger partial charge on any atom is -0.478 e. The maximum atomic E-state index is 11.7. The van der Waals surface area contributed by atoms with Crippen LogP contribution in [0.15, 0.2) is 35.3 Å². The number of nitrogens with one attached hydrogen (secondary N) is 2. The van der Waals surface area contributed by atoms with Gasteiger partial charge in [0, 0.05) is 12.3 Å². The molecular weight excluding hydrogens is 252 g/mol. The van der Waals surface area contributed by atoms with E-state index in [-0.39, 0.29) is 17.1 Å². The predicted octanol–water partition coefficient (Wildman–Crippen LogP) is 0.115. The first-order valence-electron chi connectivity index (χ1n) is 5.13. The molecule has 3 N–H and O–H groups in total. The summed E-state index contributed by atoms with van der Waals surface area (Å²) >= 11 is 0. The van der Waals surface area contributed by atoms with Gasteiger partial charge < -0.3 is 10.4 Å². The highest BCUT2D eigenvalue weighted by atomic mass is 16.4. The second kappa shape index (κ2) is 5.08. The van der Waals surface area contributed by atoms with E-state index in [1.54, 1.807) is 0 Å². The third kappa shape index (κ3) is 3.00. The smallest absolute Gasteiger partial charge is 0.335 e. The van der Waals surface area contributed by atoms with Crippen LogP contribution in [-0.4, -0.2) is 32.2 Å². The zero-order valence-electron chi connectivity index (χ0n) is 9.45. The van der Waals surface area contributed by atoms with Crippen molar-refractivity contribution < 1.29 is 14.7 Å². The molecule has 0 fully saturated rings. The van der Waals surface area contributed by atoms with E-state index in [1.165, 1.54) is 24.4 Å². The number of pyridine rings is 1. The summed E-state index contributed by atoms with van der Waals surface area (Å²) in [6.07, 6.45) is 1.26. The molecule has 0 unspecified atom stereocenters. The van der Waals surface area contributed by atoms with Gasteiger partial charge in [0.1, 0.15) is 11.5 Å². The van der Waals surface area contributed by atoms with Gasteiger partial charge in [0.05, 0.1) is 5.56 Å². The van der Waals surface area contributed by atoms with E-state index in [9.17, 15) is 14.4 Å². The molecule has 8 heteroatoms. The van der Waals surface area contributed by atoms with Crippen LogP contribution in [0.1, 0.15) is 20.8 Å². The van der Waals surface area contributed by atoms with E-state index in [0.717, 1.165) is 6.07 Å². The Balaban J connectivity index is 2.19. The number of rotatable bonds is 3. The van der Waals surface area contributed by atoms with Gasteiger partial charge in [-0.2, -0.15) is 5.10 Å². The van der Waals surface area contributed by atoms with Crippen molar-refractivity contribution in [2.45, 2.75) is 0 Å². The van der Waals surface area contributed by atoms with Gasteiger partial charge in [0.15, 0.2) is 0 Å². The first kappa shape index (κ1) is 12.4. The van der Waals surface area contributed by atoms with Crippen LogP contribution in [0, 0.1) is 0 Å². The summed E-state index contributed by atoms with van der Waals surface area (Å²) in [6, 6.07) is 4.92. The molecule has 0 aliphatic heterocycles. The fourth-order valence-electron chi connectivity index (χ4n) is 1.28. The Hall–Kier alpha value is -3.03. The number of carbonyl (C=O) groups excluding carboxylic acids is 1. The van der Waals surface area contributed by atoms with Crippen LogP contribution < -0.4 is 10.9 Å². The Labute approximate surface area is 106 Å². The summed E-state index contributed by atoms with van der Waals surface area (Å²) in [4.78, 5) is 37.1. The van der Waals surface area contributed by atoms with Crippen LogP contribution in [0.25, 0.3) is 0 Å². The lowest BCUT2D eigenvalue weighted by atomic mass is 10.2. The number of carboxylic acid groups (broad SMARTS) is 1. The van der Waals surface area contributed by atoms with Gasteiger partial charge in [0.25, 0.3) is 11.5 Å². The molecular formula is C11H8N4O4. The molecule has 1 amide bonds. The number of H-pyrrole nitrogens is 1. The third-order valence-electron chi connectivity index (χ3n) is 2.16. The number of carboxylic acids is 1. The summed E-state index contributed by atoms with van der Waals surface area (Å²) in [5, 5.41) is 16.8. The number of carbonyl (C=O) groups is 2. The van der Waals surface area contributed by atoms with Crippen molar-refractivity contribution in [1.29, 1.82) is 0 Å². The number of aromatic carboxylic acids is 1. The summed E-state index contributed by atoms with van der Waals surface area (Å²) in [5.74, 6) is -1.65. The lowest BCUT2D eigenvalue weighted by Crippen LogP contribution is -2.18. The molecule has 19 heavy (non-hydrogen) atoms. The fourth-order valence-corrected chi connectivity index (χ4v) is 1.28. The number of hydrogen-bond donors (Lipinski definition) is 3. The predicted molar refractivity (Wildman–Crippen MR) is 64.0 cm³/mol. The molecule has 2 rings (SSSR count). The third-order valence-corrected chi connectivity index (χ3v) is 2.16. The van der Waals surface area contributed by atoms with E-state index in [2.05, 4.69) is 20.5 Å². The van der Waals surface area contributed by atoms with Crippen LogP contribution in [-0.2, 0) is 0 Å². The zero-order chi connectivity index (χ0) is 13.8. The maximum absolute atomic E-state index is 11.7. The van der Waals surface area contributed by atoms with Crippen LogP contribution in [0.5, 0.6) is 0 Å². The Morgan fingerprint density at radius 2 is 2.05 bits per heavy atom. The van der Waals surface area contributed by atoms with Crippen molar-refractivity contribution in [3.05, 3.63) is 52.1 Å². The van der Waals surface area contributed by atoms with E-state index < -0.39 is 17.4 Å². The largest absolute Gasteiger partial charge is 0.478 e. The van der Waals surface area contributed by atoms with Gasteiger partial charge in [-0.1, -0.05) is 0 Å². The van der Waals surface area contributed by atoms with E-state index >= 15 is 0 Å². The van der Waals surface area contributed by atoms with Gasteiger partial charge in [0.2, 0.25) is 0 Å². The molecule has 0 radical (unpaired) electrons. The lowest BCUT2D eigenvalue weighted by molar-refractivity contribution is 0.0696. The molecule has 0 atom stereocenters. The molecule has 2 heterocycles. The number of aromatic nitrogens is 3. The molecule has 0 bridgehead atoms. The number of nitrogens with zero attached hydrogens (tertiary/aromatic N) is 2. The molecule has 96 valence electrons. The van der Waals surface area contributed by atoms with Crippen molar-refractivity contribution in [1.82, 2.24) is 15.2 Å². The van der Waals surface area contributed by atoms with Gasteiger partial charge in [-0.05, 0) is 18.2 Å². The van der Waals surface area contributed by atoms with Gasteiger partial charge in [-0.3, -0.25) is 9.59 Å². The molecule has 0 aromatic carbocycles. The van der Waals surface area contributed by atoms with E-state index in [0.29, 0.717) is 0 Å². The van der Waals surface area contributed by atoms with Gasteiger partial charge in [-0.15, -0.1) is 0 Å². The van der Waals surface area contributed by atoms with Gasteiger partial charge >= 0.3 is 5.97 Å². The second-order valence-electron chi connectivity index (χ2n) is 3.50. The van der Waals surface area contributed by atoms with Crippen molar-refractivity contribution in [3.8, 4) is 0 Å². The highest BCUT2D eigenvalue weighted by Crippen LogP contribution is 2.07. The normalized spacial score (nSPS) is 9.89. The Morgan fingerprint density at radius 1 is 1.26 bits per heavy atom. The lowest BCUT2D eigenvalue weighted by Gasteiger charge is -2.03. The summed E-state index contributed by atoms with van der Waals surface area (Å²) in [7, 11) is 0. The van der Waals surface area contributed by atoms with Gasteiger partial charge in [-0.25, -0.2) is 14.9 Å². The minimum absolute atomic E-state index is 0.000252. The molecule has 0 aliphatic carbocycles. The zero-order valence-corrected chi connectivity index (χ0v) is 9.45. The second-order valence-corrected chi connectivity index (χ2v) is 3.50. The first-order valence-corrected chi connectivity index (χ1v) is 5.13. The van der Waals surface area contributed by atoms with E-state index in [4.69, 9.17) is 5.11 Å². The molecule has 2 aromatic heterocycles. The van der Waals surface area contributed by atoms with Crippen LogP contribution in [0.3, 0.4) is 0 Å². The molecule has 0 aliphatic rings. The Kier molecular flexibility index (Phi) is 3.33. The molecule has 8 nitrogen and oxygen atoms in total. The van der Waals surface area contributed by atoms with Crippen molar-refractivity contribution in [2.75, 3.05) is 5.32 Å². The summed E-state index contributed by atoms with van der Waals surface area (Å²) in [6.45, 7) is 0. The number of anilines is 1. The highest BCUT2D eigenvalue weighted by Gasteiger charge is 2.10. The SMILES string of the molecule is O=C(O)c1ccnc(NC(=O)c2ccc(=O)[nH]n2)c1. The quantitative estimate of drug-likeness (QED) is 0.719. The van der Waals surface area contributed by atoms with Crippen molar-refractivity contribution in [3.63, 3.8) is 0 Å². The average molecular weight is 260 g/mol. The summed E-state index contributed by atoms with van der Waals surface area (Å²) in [5.41, 5.74) is -0.440. The number of hydrogen-bond acceptors (Lipinski definition) is 5. The monoisotopic (exact) mass is 260 g/mol. The Bertz CT molecular complexity index is 675. The first-order chi connectivity index (χ1) is 9.06. The van der Waals surface area contributed by atoms with Crippen LogP contribution in [0.2, 0.25) is 0 Å².